The molecule has 26 heavy (non-hydrogen) atoms. The number of benzene rings is 2. The van der Waals surface area contributed by atoms with Crippen LogP contribution in [0.1, 0.15) is 17.2 Å². The van der Waals surface area contributed by atoms with E-state index in [1.165, 1.54) is 0 Å². The molecule has 3 rings (SSSR count). The normalized spacial score (nSPS) is 11.8. The van der Waals surface area contributed by atoms with Gasteiger partial charge < -0.3 is 20.5 Å². The number of methoxy groups -OCH3 is 1. The van der Waals surface area contributed by atoms with Gasteiger partial charge in [-0.05, 0) is 36.8 Å². The van der Waals surface area contributed by atoms with Crippen LogP contribution in [-0.4, -0.2) is 29.8 Å². The summed E-state index contributed by atoms with van der Waals surface area (Å²) in [5.74, 6) is 0.640. The summed E-state index contributed by atoms with van der Waals surface area (Å²) < 4.78 is 5.30. The lowest BCUT2D eigenvalue weighted by atomic mass is 10.1. The summed E-state index contributed by atoms with van der Waals surface area (Å²) in [5.41, 5.74) is 3.17. The molecule has 0 fully saturated rings. The highest BCUT2D eigenvalue weighted by molar-refractivity contribution is 6.02. The van der Waals surface area contributed by atoms with Crippen molar-refractivity contribution in [2.75, 3.05) is 19.0 Å². The van der Waals surface area contributed by atoms with Gasteiger partial charge in [-0.25, -0.2) is 4.79 Å². The van der Waals surface area contributed by atoms with Crippen molar-refractivity contribution < 1.29 is 14.6 Å². The van der Waals surface area contributed by atoms with Gasteiger partial charge in [-0.1, -0.05) is 29.8 Å². The van der Waals surface area contributed by atoms with Gasteiger partial charge in [0.15, 0.2) is 0 Å². The second kappa shape index (κ2) is 7.84. The lowest BCUT2D eigenvalue weighted by Gasteiger charge is -2.14. The molecular formula is C20H21N3O3. The van der Waals surface area contributed by atoms with Crippen LogP contribution in [0.25, 0.3) is 10.9 Å². The zero-order valence-electron chi connectivity index (χ0n) is 14.7. The quantitative estimate of drug-likeness (QED) is 0.658. The van der Waals surface area contributed by atoms with E-state index in [1.807, 2.05) is 37.3 Å². The van der Waals surface area contributed by atoms with Crippen molar-refractivity contribution in [3.8, 4) is 5.75 Å². The van der Waals surface area contributed by atoms with Crippen molar-refractivity contribution in [1.29, 1.82) is 0 Å². The Bertz CT molecular complexity index is 910. The molecule has 2 amide bonds. The zero-order valence-corrected chi connectivity index (χ0v) is 14.7. The average Bonchev–Trinajstić information content (AvgIpc) is 2.67. The Labute approximate surface area is 151 Å². The highest BCUT2D eigenvalue weighted by atomic mass is 16.5. The number of pyridine rings is 1. The standard InChI is InChI=1S/C20H21N3O3/c1-13-5-7-14(8-6-13)17(24)12-22-20(25)23-16-9-10-18(26-2)19-15(16)4-3-11-21-19/h3-11,17,24H,12H2,1-2H3,(H2,22,23,25). The van der Waals surface area contributed by atoms with Crippen molar-refractivity contribution in [2.45, 2.75) is 13.0 Å². The number of nitrogens with one attached hydrogen (secondary N) is 2. The number of aliphatic hydroxyl groups excluding tert-OH is 1. The van der Waals surface area contributed by atoms with Gasteiger partial charge >= 0.3 is 6.03 Å². The Morgan fingerprint density at radius 2 is 1.96 bits per heavy atom. The monoisotopic (exact) mass is 351 g/mol. The molecule has 1 atom stereocenters. The molecule has 1 aromatic heterocycles. The first-order valence-electron chi connectivity index (χ1n) is 8.29. The second-order valence-corrected chi connectivity index (χ2v) is 5.98. The van der Waals surface area contributed by atoms with Crippen LogP contribution in [0.2, 0.25) is 0 Å². The fraction of sp³-hybridized carbons (Fsp3) is 0.200. The number of ether oxygens (including phenoxy) is 1. The summed E-state index contributed by atoms with van der Waals surface area (Å²) in [6, 6.07) is 14.3. The van der Waals surface area contributed by atoms with Gasteiger partial charge in [0.1, 0.15) is 11.3 Å². The maximum atomic E-state index is 12.2. The summed E-state index contributed by atoms with van der Waals surface area (Å²) in [7, 11) is 1.58. The van der Waals surface area contributed by atoms with E-state index in [2.05, 4.69) is 15.6 Å². The van der Waals surface area contributed by atoms with Gasteiger partial charge in [-0.3, -0.25) is 4.98 Å². The Balaban J connectivity index is 1.67. The van der Waals surface area contributed by atoms with E-state index in [-0.39, 0.29) is 6.54 Å². The van der Waals surface area contributed by atoms with Crippen molar-refractivity contribution >= 4 is 22.6 Å². The maximum Gasteiger partial charge on any atom is 0.319 e. The number of anilines is 1. The molecular weight excluding hydrogens is 330 g/mol. The predicted octanol–water partition coefficient (Wildman–Crippen LogP) is 3.41. The smallest absolute Gasteiger partial charge is 0.319 e. The van der Waals surface area contributed by atoms with Crippen LogP contribution >= 0.6 is 0 Å². The van der Waals surface area contributed by atoms with Gasteiger partial charge in [0, 0.05) is 18.1 Å². The fourth-order valence-electron chi connectivity index (χ4n) is 2.68. The third kappa shape index (κ3) is 3.92. The van der Waals surface area contributed by atoms with Crippen molar-refractivity contribution in [2.24, 2.45) is 0 Å². The number of fused-ring (bicyclic) bond motifs is 1. The average molecular weight is 351 g/mol. The summed E-state index contributed by atoms with van der Waals surface area (Å²) >= 11 is 0. The summed E-state index contributed by atoms with van der Waals surface area (Å²) in [4.78, 5) is 16.5. The Kier molecular flexibility index (Phi) is 5.34. The molecule has 134 valence electrons. The summed E-state index contributed by atoms with van der Waals surface area (Å²) in [6.07, 6.45) is 0.905. The summed E-state index contributed by atoms with van der Waals surface area (Å²) in [5, 5.41) is 16.5. The molecule has 0 bridgehead atoms. The lowest BCUT2D eigenvalue weighted by molar-refractivity contribution is 0.175. The molecule has 0 saturated carbocycles. The number of urea groups is 1. The van der Waals surface area contributed by atoms with Gasteiger partial charge in [0.25, 0.3) is 0 Å². The first kappa shape index (κ1) is 17.7. The fourth-order valence-corrected chi connectivity index (χ4v) is 2.68. The highest BCUT2D eigenvalue weighted by Gasteiger charge is 2.12. The van der Waals surface area contributed by atoms with E-state index in [0.717, 1.165) is 16.5 Å². The molecule has 2 aromatic carbocycles. The lowest BCUT2D eigenvalue weighted by Crippen LogP contribution is -2.32. The number of carbonyl (C=O) groups excluding carboxylic acids is 1. The number of aromatic nitrogens is 1. The molecule has 0 aliphatic rings. The Morgan fingerprint density at radius 1 is 1.19 bits per heavy atom. The van der Waals surface area contributed by atoms with Gasteiger partial charge in [-0.15, -0.1) is 0 Å². The Hall–Kier alpha value is -3.12. The molecule has 6 nitrogen and oxygen atoms in total. The van der Waals surface area contributed by atoms with Gasteiger partial charge in [0.2, 0.25) is 0 Å². The predicted molar refractivity (Wildman–Crippen MR) is 101 cm³/mol. The first-order valence-corrected chi connectivity index (χ1v) is 8.29. The van der Waals surface area contributed by atoms with Crippen LogP contribution in [0, 0.1) is 6.92 Å². The van der Waals surface area contributed by atoms with Crippen LogP contribution in [0.5, 0.6) is 5.75 Å². The van der Waals surface area contributed by atoms with E-state index in [1.54, 1.807) is 31.5 Å². The summed E-state index contributed by atoms with van der Waals surface area (Å²) in [6.45, 7) is 2.09. The number of nitrogens with zero attached hydrogens (tertiary/aromatic N) is 1. The number of aliphatic hydroxyl groups is 1. The van der Waals surface area contributed by atoms with Crippen molar-refractivity contribution in [1.82, 2.24) is 10.3 Å². The van der Waals surface area contributed by atoms with E-state index >= 15 is 0 Å². The van der Waals surface area contributed by atoms with E-state index in [4.69, 9.17) is 4.74 Å². The SMILES string of the molecule is COc1ccc(NC(=O)NCC(O)c2ccc(C)cc2)c2cccnc12. The minimum absolute atomic E-state index is 0.112. The van der Waals surface area contributed by atoms with E-state index < -0.39 is 12.1 Å². The molecule has 6 heteroatoms. The number of carbonyl (C=O) groups is 1. The van der Waals surface area contributed by atoms with Gasteiger partial charge in [0.05, 0.1) is 18.9 Å². The maximum absolute atomic E-state index is 12.2. The molecule has 0 aliphatic heterocycles. The zero-order chi connectivity index (χ0) is 18.5. The molecule has 1 heterocycles. The van der Waals surface area contributed by atoms with Crippen molar-refractivity contribution in [3.63, 3.8) is 0 Å². The third-order valence-electron chi connectivity index (χ3n) is 4.12. The van der Waals surface area contributed by atoms with Crippen LogP contribution in [0.15, 0.2) is 54.7 Å². The van der Waals surface area contributed by atoms with E-state index in [0.29, 0.717) is 17.0 Å². The number of rotatable bonds is 5. The minimum Gasteiger partial charge on any atom is -0.494 e. The molecule has 0 aliphatic carbocycles. The number of hydrogen-bond acceptors (Lipinski definition) is 4. The largest absolute Gasteiger partial charge is 0.494 e. The van der Waals surface area contributed by atoms with Gasteiger partial charge in [-0.2, -0.15) is 0 Å². The minimum atomic E-state index is -0.768. The van der Waals surface area contributed by atoms with Crippen LogP contribution < -0.4 is 15.4 Å². The third-order valence-corrected chi connectivity index (χ3v) is 4.12. The highest BCUT2D eigenvalue weighted by Crippen LogP contribution is 2.29. The van der Waals surface area contributed by atoms with E-state index in [9.17, 15) is 9.90 Å². The molecule has 0 radical (unpaired) electrons. The van der Waals surface area contributed by atoms with Crippen molar-refractivity contribution in [3.05, 3.63) is 65.9 Å². The first-order chi connectivity index (χ1) is 12.6. The van der Waals surface area contributed by atoms with Crippen LogP contribution in [0.4, 0.5) is 10.5 Å². The number of aryl methyl sites for hydroxylation is 1. The molecule has 3 aromatic rings. The number of hydrogen-bond donors (Lipinski definition) is 3. The molecule has 1 unspecified atom stereocenters. The second-order valence-electron chi connectivity index (χ2n) is 5.98. The molecule has 3 N–H and O–H groups in total. The molecule has 0 spiro atoms. The van der Waals surface area contributed by atoms with Crippen LogP contribution in [-0.2, 0) is 0 Å². The topological polar surface area (TPSA) is 83.5 Å². The molecule has 0 saturated heterocycles. The Morgan fingerprint density at radius 3 is 2.69 bits per heavy atom. The number of amides is 2. The van der Waals surface area contributed by atoms with Crippen LogP contribution in [0.3, 0.4) is 0 Å².